The lowest BCUT2D eigenvalue weighted by atomic mass is 10.4. The molecule has 0 saturated carbocycles. The fraction of sp³-hybridized carbons (Fsp3) is 0.200. The van der Waals surface area contributed by atoms with Crippen LogP contribution in [-0.4, -0.2) is 9.97 Å². The molecule has 2 heterocycles. The van der Waals surface area contributed by atoms with Crippen LogP contribution in [0.25, 0.3) is 10.7 Å². The lowest BCUT2D eigenvalue weighted by molar-refractivity contribution is 1.08. The molecule has 2 aromatic heterocycles. The summed E-state index contributed by atoms with van der Waals surface area (Å²) in [5.74, 6) is 0.660. The predicted molar refractivity (Wildman–Crippen MR) is 57.6 cm³/mol. The number of hydrogen-bond donors (Lipinski definition) is 1. The minimum absolute atomic E-state index is 0.0986. The maximum Gasteiger partial charge on any atom is 0.251 e. The van der Waals surface area contributed by atoms with Crippen molar-refractivity contribution in [2.45, 2.75) is 13.8 Å². The zero-order valence-corrected chi connectivity index (χ0v) is 8.81. The van der Waals surface area contributed by atoms with Crippen molar-refractivity contribution in [2.75, 3.05) is 0 Å². The van der Waals surface area contributed by atoms with Gasteiger partial charge in [-0.05, 0) is 26.0 Å². The molecule has 1 N–H and O–H groups in total. The monoisotopic (exact) mass is 206 g/mol. The molecule has 0 aliphatic rings. The molecule has 3 nitrogen and oxygen atoms in total. The first-order valence-electron chi connectivity index (χ1n) is 4.30. The SMILES string of the molecule is Cc1cc(=O)[nH]c(-c2ccc(C)s2)n1. The van der Waals surface area contributed by atoms with Gasteiger partial charge in [0.05, 0.1) is 4.88 Å². The molecule has 0 amide bonds. The van der Waals surface area contributed by atoms with Gasteiger partial charge in [0.25, 0.3) is 5.56 Å². The van der Waals surface area contributed by atoms with Crippen LogP contribution >= 0.6 is 11.3 Å². The maximum atomic E-state index is 11.2. The molecule has 0 saturated heterocycles. The summed E-state index contributed by atoms with van der Waals surface area (Å²) in [6, 6.07) is 5.48. The van der Waals surface area contributed by atoms with Gasteiger partial charge in [0.15, 0.2) is 0 Å². The van der Waals surface area contributed by atoms with Gasteiger partial charge in [-0.15, -0.1) is 11.3 Å². The van der Waals surface area contributed by atoms with Crippen molar-refractivity contribution in [1.29, 1.82) is 0 Å². The van der Waals surface area contributed by atoms with E-state index in [0.29, 0.717) is 5.82 Å². The van der Waals surface area contributed by atoms with Crippen LogP contribution in [0.4, 0.5) is 0 Å². The van der Waals surface area contributed by atoms with E-state index in [1.807, 2.05) is 26.0 Å². The largest absolute Gasteiger partial charge is 0.306 e. The molecule has 0 radical (unpaired) electrons. The van der Waals surface area contributed by atoms with Crippen LogP contribution in [0, 0.1) is 13.8 Å². The zero-order chi connectivity index (χ0) is 10.1. The third-order valence-corrected chi connectivity index (χ3v) is 2.85. The first-order valence-corrected chi connectivity index (χ1v) is 5.11. The fourth-order valence-electron chi connectivity index (χ4n) is 1.26. The van der Waals surface area contributed by atoms with Gasteiger partial charge in [0, 0.05) is 16.6 Å². The van der Waals surface area contributed by atoms with E-state index in [1.165, 1.54) is 10.9 Å². The number of hydrogen-bond acceptors (Lipinski definition) is 3. The Balaban J connectivity index is 2.56. The van der Waals surface area contributed by atoms with E-state index in [0.717, 1.165) is 10.6 Å². The normalized spacial score (nSPS) is 10.4. The van der Waals surface area contributed by atoms with Crippen molar-refractivity contribution in [3.8, 4) is 10.7 Å². The van der Waals surface area contributed by atoms with Gasteiger partial charge in [-0.3, -0.25) is 4.79 Å². The fourth-order valence-corrected chi connectivity index (χ4v) is 2.07. The lowest BCUT2D eigenvalue weighted by Crippen LogP contribution is -2.07. The number of aromatic amines is 1. The van der Waals surface area contributed by atoms with Crippen LogP contribution in [0.3, 0.4) is 0 Å². The Morgan fingerprint density at radius 2 is 2.14 bits per heavy atom. The van der Waals surface area contributed by atoms with E-state index in [9.17, 15) is 4.79 Å². The van der Waals surface area contributed by atoms with Gasteiger partial charge < -0.3 is 4.98 Å². The first kappa shape index (κ1) is 9.15. The summed E-state index contributed by atoms with van der Waals surface area (Å²) in [4.78, 5) is 20.4. The van der Waals surface area contributed by atoms with E-state index in [4.69, 9.17) is 0 Å². The summed E-state index contributed by atoms with van der Waals surface area (Å²) in [6.07, 6.45) is 0. The molecule has 0 atom stereocenters. The molecule has 14 heavy (non-hydrogen) atoms. The highest BCUT2D eigenvalue weighted by atomic mass is 32.1. The highest BCUT2D eigenvalue weighted by molar-refractivity contribution is 7.15. The standard InChI is InChI=1S/C10H10N2OS/c1-6-5-9(13)12-10(11-6)8-4-3-7(2)14-8/h3-5H,1-2H3,(H,11,12,13). The van der Waals surface area contributed by atoms with Gasteiger partial charge in [-0.25, -0.2) is 4.98 Å². The van der Waals surface area contributed by atoms with Gasteiger partial charge in [-0.1, -0.05) is 0 Å². The van der Waals surface area contributed by atoms with Crippen LogP contribution < -0.4 is 5.56 Å². The smallest absolute Gasteiger partial charge is 0.251 e. The quantitative estimate of drug-likeness (QED) is 0.776. The first-order chi connectivity index (χ1) is 6.65. The van der Waals surface area contributed by atoms with E-state index >= 15 is 0 Å². The Labute approximate surface area is 85.5 Å². The van der Waals surface area contributed by atoms with Crippen LogP contribution in [-0.2, 0) is 0 Å². The molecule has 4 heteroatoms. The van der Waals surface area contributed by atoms with Crippen LogP contribution in [0.1, 0.15) is 10.6 Å². The average molecular weight is 206 g/mol. The highest BCUT2D eigenvalue weighted by Crippen LogP contribution is 2.23. The van der Waals surface area contributed by atoms with Crippen molar-refractivity contribution in [1.82, 2.24) is 9.97 Å². The number of nitrogens with zero attached hydrogens (tertiary/aromatic N) is 1. The lowest BCUT2D eigenvalue weighted by Gasteiger charge is -1.97. The Bertz CT molecular complexity index is 513. The topological polar surface area (TPSA) is 45.8 Å². The second kappa shape index (κ2) is 3.38. The summed E-state index contributed by atoms with van der Waals surface area (Å²) in [6.45, 7) is 3.85. The molecule has 0 bridgehead atoms. The summed E-state index contributed by atoms with van der Waals surface area (Å²) >= 11 is 1.63. The molecular weight excluding hydrogens is 196 g/mol. The van der Waals surface area contributed by atoms with Crippen molar-refractivity contribution in [2.24, 2.45) is 0 Å². The van der Waals surface area contributed by atoms with Crippen LogP contribution in [0.15, 0.2) is 23.0 Å². The second-order valence-electron chi connectivity index (χ2n) is 3.15. The molecule has 0 fully saturated rings. The predicted octanol–water partition coefficient (Wildman–Crippen LogP) is 2.12. The number of H-pyrrole nitrogens is 1. The molecule has 2 rings (SSSR count). The number of rotatable bonds is 1. The van der Waals surface area contributed by atoms with Crippen molar-refractivity contribution in [3.63, 3.8) is 0 Å². The van der Waals surface area contributed by atoms with Crippen molar-refractivity contribution >= 4 is 11.3 Å². The Morgan fingerprint density at radius 1 is 1.36 bits per heavy atom. The van der Waals surface area contributed by atoms with Gasteiger partial charge >= 0.3 is 0 Å². The summed E-state index contributed by atoms with van der Waals surface area (Å²) in [7, 11) is 0. The average Bonchev–Trinajstić information content (AvgIpc) is 2.50. The molecule has 0 unspecified atom stereocenters. The Morgan fingerprint density at radius 3 is 2.71 bits per heavy atom. The third kappa shape index (κ3) is 1.75. The van der Waals surface area contributed by atoms with Gasteiger partial charge in [0.1, 0.15) is 5.82 Å². The maximum absolute atomic E-state index is 11.2. The molecule has 0 spiro atoms. The molecule has 2 aromatic rings. The molecule has 0 aliphatic heterocycles. The van der Waals surface area contributed by atoms with Crippen LogP contribution in [0.5, 0.6) is 0 Å². The summed E-state index contributed by atoms with van der Waals surface area (Å²) < 4.78 is 0. The zero-order valence-electron chi connectivity index (χ0n) is 8.00. The third-order valence-electron chi connectivity index (χ3n) is 1.84. The van der Waals surface area contributed by atoms with E-state index in [-0.39, 0.29) is 5.56 Å². The second-order valence-corrected chi connectivity index (χ2v) is 4.43. The van der Waals surface area contributed by atoms with Gasteiger partial charge in [0.2, 0.25) is 0 Å². The Kier molecular flexibility index (Phi) is 2.21. The van der Waals surface area contributed by atoms with Crippen molar-refractivity contribution in [3.05, 3.63) is 39.1 Å². The minimum atomic E-state index is -0.0986. The van der Waals surface area contributed by atoms with E-state index < -0.39 is 0 Å². The molecule has 0 aromatic carbocycles. The minimum Gasteiger partial charge on any atom is -0.306 e. The molecule has 72 valence electrons. The summed E-state index contributed by atoms with van der Waals surface area (Å²) in [5, 5.41) is 0. The molecule has 0 aliphatic carbocycles. The Hall–Kier alpha value is -1.42. The number of thiophene rings is 1. The highest BCUT2D eigenvalue weighted by Gasteiger charge is 2.03. The number of aryl methyl sites for hydroxylation is 2. The number of nitrogens with one attached hydrogen (secondary N) is 1. The summed E-state index contributed by atoms with van der Waals surface area (Å²) in [5.41, 5.74) is 0.647. The van der Waals surface area contributed by atoms with E-state index in [2.05, 4.69) is 9.97 Å². The number of aromatic nitrogens is 2. The van der Waals surface area contributed by atoms with E-state index in [1.54, 1.807) is 11.3 Å². The van der Waals surface area contributed by atoms with Crippen LogP contribution in [0.2, 0.25) is 0 Å². The van der Waals surface area contributed by atoms with Gasteiger partial charge in [-0.2, -0.15) is 0 Å². The van der Waals surface area contributed by atoms with Crippen molar-refractivity contribution < 1.29 is 0 Å². The molecular formula is C10H10N2OS.